The Morgan fingerprint density at radius 1 is 1.13 bits per heavy atom. The Labute approximate surface area is 179 Å². The molecular formula is C20H25N9O2. The summed E-state index contributed by atoms with van der Waals surface area (Å²) in [5, 5.41) is 0. The quantitative estimate of drug-likeness (QED) is 0.550. The number of carbonyl (C=O) groups excluding carboxylic acids is 1. The van der Waals surface area contributed by atoms with Gasteiger partial charge in [-0.05, 0) is 18.9 Å². The molecule has 5 heterocycles. The van der Waals surface area contributed by atoms with Crippen LogP contribution in [-0.2, 0) is 16.1 Å². The second-order valence-electron chi connectivity index (χ2n) is 7.95. The number of ether oxygens (including phenoxy) is 1. The van der Waals surface area contributed by atoms with Gasteiger partial charge in [0.25, 0.3) is 0 Å². The second kappa shape index (κ2) is 8.52. The lowest BCUT2D eigenvalue weighted by atomic mass is 10.1. The number of aromatic nitrogens is 6. The lowest BCUT2D eigenvalue weighted by molar-refractivity contribution is -0.108. The standard InChI is InChI=1S/C20H25N9O2/c21-20-22-9-15(10-23-20)17-25-18(28-4-7-31-8-5-28)16-19(26-17)29(13-24-16)12-14-1-2-27(11-14)3-6-30/h6,9-10,13-14H,1-5,7-8,11-12H2,(H2,21,22,23). The van der Waals surface area contributed by atoms with E-state index >= 15 is 0 Å². The van der Waals surface area contributed by atoms with Gasteiger partial charge in [-0.15, -0.1) is 0 Å². The number of imidazole rings is 1. The Balaban J connectivity index is 1.52. The molecule has 1 atom stereocenters. The van der Waals surface area contributed by atoms with Crippen LogP contribution in [0.4, 0.5) is 11.8 Å². The van der Waals surface area contributed by atoms with E-state index in [1.807, 2.05) is 6.33 Å². The molecule has 0 saturated carbocycles. The number of hydrogen-bond donors (Lipinski definition) is 1. The minimum Gasteiger partial charge on any atom is -0.378 e. The smallest absolute Gasteiger partial charge is 0.219 e. The van der Waals surface area contributed by atoms with Gasteiger partial charge in [0, 0.05) is 38.6 Å². The van der Waals surface area contributed by atoms with Gasteiger partial charge in [-0.1, -0.05) is 0 Å². The zero-order valence-electron chi connectivity index (χ0n) is 17.2. The molecule has 3 aromatic heterocycles. The fourth-order valence-corrected chi connectivity index (χ4v) is 4.25. The van der Waals surface area contributed by atoms with Gasteiger partial charge in [-0.2, -0.15) is 0 Å². The van der Waals surface area contributed by atoms with Crippen molar-refractivity contribution in [2.24, 2.45) is 5.92 Å². The number of nitrogen functional groups attached to an aromatic ring is 1. The van der Waals surface area contributed by atoms with E-state index in [4.69, 9.17) is 20.4 Å². The number of aldehydes is 1. The summed E-state index contributed by atoms with van der Waals surface area (Å²) in [6, 6.07) is 0. The first-order chi connectivity index (χ1) is 15.2. The third-order valence-electron chi connectivity index (χ3n) is 5.84. The lowest BCUT2D eigenvalue weighted by Crippen LogP contribution is -2.37. The minimum absolute atomic E-state index is 0.212. The number of nitrogens with zero attached hydrogens (tertiary/aromatic N) is 8. The first kappa shape index (κ1) is 19.8. The van der Waals surface area contributed by atoms with Crippen LogP contribution >= 0.6 is 0 Å². The molecule has 0 amide bonds. The van der Waals surface area contributed by atoms with E-state index in [0.29, 0.717) is 37.1 Å². The van der Waals surface area contributed by atoms with Gasteiger partial charge >= 0.3 is 0 Å². The molecular weight excluding hydrogens is 398 g/mol. The number of hydrogen-bond acceptors (Lipinski definition) is 10. The third kappa shape index (κ3) is 4.06. The molecule has 31 heavy (non-hydrogen) atoms. The van der Waals surface area contributed by atoms with Crippen LogP contribution in [-0.4, -0.2) is 86.6 Å². The number of nitrogens with two attached hydrogens (primary N) is 1. The molecule has 0 bridgehead atoms. The van der Waals surface area contributed by atoms with Crippen LogP contribution < -0.4 is 10.6 Å². The Hall–Kier alpha value is -3.18. The van der Waals surface area contributed by atoms with E-state index in [-0.39, 0.29) is 5.95 Å². The summed E-state index contributed by atoms with van der Waals surface area (Å²) in [6.45, 7) is 5.94. The zero-order valence-corrected chi connectivity index (χ0v) is 17.2. The van der Waals surface area contributed by atoms with E-state index in [1.54, 1.807) is 12.4 Å². The zero-order chi connectivity index (χ0) is 21.2. The van der Waals surface area contributed by atoms with Crippen molar-refractivity contribution in [2.45, 2.75) is 13.0 Å². The van der Waals surface area contributed by atoms with Gasteiger partial charge in [0.15, 0.2) is 22.8 Å². The third-order valence-corrected chi connectivity index (χ3v) is 5.84. The van der Waals surface area contributed by atoms with E-state index in [2.05, 4.69) is 29.3 Å². The fourth-order valence-electron chi connectivity index (χ4n) is 4.25. The molecule has 0 radical (unpaired) electrons. The van der Waals surface area contributed by atoms with Crippen molar-refractivity contribution in [1.82, 2.24) is 34.4 Å². The molecule has 3 aromatic rings. The summed E-state index contributed by atoms with van der Waals surface area (Å²) >= 11 is 0. The molecule has 5 rings (SSSR count). The van der Waals surface area contributed by atoms with Gasteiger partial charge in [0.2, 0.25) is 5.95 Å². The number of carbonyl (C=O) groups is 1. The van der Waals surface area contributed by atoms with Gasteiger partial charge in [-0.3, -0.25) is 4.90 Å². The highest BCUT2D eigenvalue weighted by Gasteiger charge is 2.25. The summed E-state index contributed by atoms with van der Waals surface area (Å²) in [4.78, 5) is 37.7. The van der Waals surface area contributed by atoms with Crippen LogP contribution in [0.25, 0.3) is 22.6 Å². The minimum atomic E-state index is 0.212. The summed E-state index contributed by atoms with van der Waals surface area (Å²) in [5.41, 5.74) is 7.92. The predicted molar refractivity (Wildman–Crippen MR) is 114 cm³/mol. The van der Waals surface area contributed by atoms with Crippen LogP contribution in [0.2, 0.25) is 0 Å². The van der Waals surface area contributed by atoms with Crippen molar-refractivity contribution in [3.63, 3.8) is 0 Å². The molecule has 2 N–H and O–H groups in total. The normalized spacial score (nSPS) is 19.9. The monoisotopic (exact) mass is 423 g/mol. The molecule has 2 fully saturated rings. The number of fused-ring (bicyclic) bond motifs is 1. The summed E-state index contributed by atoms with van der Waals surface area (Å²) in [7, 11) is 0. The number of rotatable bonds is 6. The molecule has 0 aromatic carbocycles. The predicted octanol–water partition coefficient (Wildman–Crippen LogP) is 0.223. The van der Waals surface area contributed by atoms with E-state index in [1.165, 1.54) is 0 Å². The Kier molecular flexibility index (Phi) is 5.43. The number of anilines is 2. The molecule has 11 nitrogen and oxygen atoms in total. The maximum absolute atomic E-state index is 10.8. The Morgan fingerprint density at radius 3 is 2.71 bits per heavy atom. The van der Waals surface area contributed by atoms with Crippen molar-refractivity contribution < 1.29 is 9.53 Å². The van der Waals surface area contributed by atoms with Gasteiger partial charge in [0.05, 0.1) is 31.6 Å². The van der Waals surface area contributed by atoms with Gasteiger partial charge < -0.3 is 24.7 Å². The highest BCUT2D eigenvalue weighted by Crippen LogP contribution is 2.28. The highest BCUT2D eigenvalue weighted by molar-refractivity contribution is 5.85. The van der Waals surface area contributed by atoms with Crippen molar-refractivity contribution in [2.75, 3.05) is 56.6 Å². The van der Waals surface area contributed by atoms with Crippen LogP contribution in [0.1, 0.15) is 6.42 Å². The van der Waals surface area contributed by atoms with Crippen molar-refractivity contribution in [1.29, 1.82) is 0 Å². The Bertz CT molecular complexity index is 1060. The molecule has 2 aliphatic rings. The molecule has 0 spiro atoms. The van der Waals surface area contributed by atoms with E-state index < -0.39 is 0 Å². The first-order valence-electron chi connectivity index (χ1n) is 10.5. The van der Waals surface area contributed by atoms with Gasteiger partial charge in [0.1, 0.15) is 6.29 Å². The van der Waals surface area contributed by atoms with E-state index in [0.717, 1.165) is 62.4 Å². The van der Waals surface area contributed by atoms with Crippen molar-refractivity contribution in [3.05, 3.63) is 18.7 Å². The Morgan fingerprint density at radius 2 is 1.94 bits per heavy atom. The van der Waals surface area contributed by atoms with Crippen LogP contribution in [0.5, 0.6) is 0 Å². The largest absolute Gasteiger partial charge is 0.378 e. The maximum atomic E-state index is 10.8. The van der Waals surface area contributed by atoms with E-state index in [9.17, 15) is 4.79 Å². The molecule has 11 heteroatoms. The second-order valence-corrected chi connectivity index (χ2v) is 7.95. The average Bonchev–Trinajstić information content (AvgIpc) is 3.42. The van der Waals surface area contributed by atoms with Crippen molar-refractivity contribution in [3.8, 4) is 11.4 Å². The number of morpholine rings is 1. The van der Waals surface area contributed by atoms with Gasteiger partial charge in [-0.25, -0.2) is 24.9 Å². The molecule has 162 valence electrons. The van der Waals surface area contributed by atoms with Crippen molar-refractivity contribution >= 4 is 29.2 Å². The SMILES string of the molecule is Nc1ncc(-c2nc(N3CCOCC3)c3ncn(CC4CCN(CC=O)C4)c3n2)cn1. The molecule has 2 saturated heterocycles. The first-order valence-corrected chi connectivity index (χ1v) is 10.5. The van der Waals surface area contributed by atoms with Crippen LogP contribution in [0.15, 0.2) is 18.7 Å². The topological polar surface area (TPSA) is 128 Å². The average molecular weight is 423 g/mol. The summed E-state index contributed by atoms with van der Waals surface area (Å²) < 4.78 is 7.61. The van der Waals surface area contributed by atoms with Crippen LogP contribution in [0, 0.1) is 5.92 Å². The highest BCUT2D eigenvalue weighted by atomic mass is 16.5. The molecule has 0 aliphatic carbocycles. The lowest BCUT2D eigenvalue weighted by Gasteiger charge is -2.28. The maximum Gasteiger partial charge on any atom is 0.219 e. The summed E-state index contributed by atoms with van der Waals surface area (Å²) in [6.07, 6.45) is 7.14. The summed E-state index contributed by atoms with van der Waals surface area (Å²) in [5.74, 6) is 2.00. The number of likely N-dealkylation sites (tertiary alicyclic amines) is 1. The van der Waals surface area contributed by atoms with Crippen LogP contribution in [0.3, 0.4) is 0 Å². The molecule has 1 unspecified atom stereocenters. The fraction of sp³-hybridized carbons (Fsp3) is 0.500. The molecule has 2 aliphatic heterocycles.